The Kier molecular flexibility index (Phi) is 3.24. The van der Waals surface area contributed by atoms with Crippen LogP contribution in [-0.4, -0.2) is 52.2 Å². The van der Waals surface area contributed by atoms with E-state index >= 15 is 0 Å². The van der Waals surface area contributed by atoms with Crippen molar-refractivity contribution in [2.24, 2.45) is 0 Å². The van der Waals surface area contributed by atoms with E-state index < -0.39 is 0 Å². The number of piperazine rings is 1. The van der Waals surface area contributed by atoms with Crippen LogP contribution >= 0.6 is 0 Å². The van der Waals surface area contributed by atoms with Crippen LogP contribution < -0.4 is 10.6 Å². The van der Waals surface area contributed by atoms with Crippen molar-refractivity contribution in [3.05, 3.63) is 36.4 Å². The number of hydrogen-bond acceptors (Lipinski definition) is 5. The van der Waals surface area contributed by atoms with Crippen molar-refractivity contribution in [3.63, 3.8) is 0 Å². The molecule has 3 rings (SSSR count). The average Bonchev–Trinajstić information content (AvgIpc) is 3.01. The van der Waals surface area contributed by atoms with Crippen molar-refractivity contribution >= 4 is 17.3 Å². The molecule has 7 nitrogen and oxygen atoms in total. The molecule has 0 spiro atoms. The number of amides is 1. The zero-order valence-electron chi connectivity index (χ0n) is 11.0. The summed E-state index contributed by atoms with van der Waals surface area (Å²) in [6, 6.07) is 3.59. The van der Waals surface area contributed by atoms with Crippen molar-refractivity contribution < 1.29 is 4.79 Å². The van der Waals surface area contributed by atoms with Crippen LogP contribution in [0.3, 0.4) is 0 Å². The lowest BCUT2D eigenvalue weighted by Gasteiger charge is -2.36. The second kappa shape index (κ2) is 5.20. The monoisotopic (exact) mass is 272 g/mol. The first-order chi connectivity index (χ1) is 9.75. The number of carbonyl (C=O) groups is 1. The summed E-state index contributed by atoms with van der Waals surface area (Å²) in [5, 5.41) is 6.51. The summed E-state index contributed by atoms with van der Waals surface area (Å²) in [6.45, 7) is 2.85. The molecule has 0 radical (unpaired) electrons. The van der Waals surface area contributed by atoms with Crippen LogP contribution in [0.4, 0.5) is 11.4 Å². The molecule has 0 saturated carbocycles. The molecule has 104 valence electrons. The minimum Gasteiger partial charge on any atom is -0.396 e. The Hall–Kier alpha value is -2.57. The van der Waals surface area contributed by atoms with E-state index in [1.54, 1.807) is 24.7 Å². The molecule has 3 heterocycles. The molecule has 7 heteroatoms. The molecule has 0 atom stereocenters. The molecule has 1 aliphatic rings. The van der Waals surface area contributed by atoms with E-state index in [9.17, 15) is 4.79 Å². The number of nitrogens with two attached hydrogens (primary N) is 1. The predicted octanol–water partition coefficient (Wildman–Crippen LogP) is 0.349. The van der Waals surface area contributed by atoms with Gasteiger partial charge in [0.05, 0.1) is 17.6 Å². The van der Waals surface area contributed by atoms with E-state index in [-0.39, 0.29) is 5.91 Å². The fourth-order valence-corrected chi connectivity index (χ4v) is 2.38. The third-order valence-corrected chi connectivity index (χ3v) is 3.47. The van der Waals surface area contributed by atoms with E-state index in [4.69, 9.17) is 5.73 Å². The summed E-state index contributed by atoms with van der Waals surface area (Å²) >= 11 is 0. The van der Waals surface area contributed by atoms with Gasteiger partial charge in [-0.15, -0.1) is 0 Å². The molecule has 20 heavy (non-hydrogen) atoms. The first-order valence-corrected chi connectivity index (χ1v) is 6.49. The van der Waals surface area contributed by atoms with Crippen molar-refractivity contribution in [2.75, 3.05) is 36.8 Å². The van der Waals surface area contributed by atoms with Gasteiger partial charge in [-0.05, 0) is 12.1 Å². The number of pyridine rings is 1. The molecule has 2 aromatic rings. The maximum absolute atomic E-state index is 12.2. The number of carbonyl (C=O) groups excluding carboxylic acids is 1. The summed E-state index contributed by atoms with van der Waals surface area (Å²) in [7, 11) is 0. The van der Waals surface area contributed by atoms with Crippen molar-refractivity contribution in [2.45, 2.75) is 0 Å². The Morgan fingerprint density at radius 2 is 2.00 bits per heavy atom. The Morgan fingerprint density at radius 3 is 2.65 bits per heavy atom. The van der Waals surface area contributed by atoms with Gasteiger partial charge in [0.1, 0.15) is 5.69 Å². The second-order valence-electron chi connectivity index (χ2n) is 4.68. The molecular weight excluding hydrogens is 256 g/mol. The van der Waals surface area contributed by atoms with Crippen molar-refractivity contribution in [1.82, 2.24) is 20.1 Å². The lowest BCUT2D eigenvalue weighted by molar-refractivity contribution is 0.0741. The molecule has 0 aliphatic carbocycles. The molecule has 2 aromatic heterocycles. The Morgan fingerprint density at radius 1 is 1.20 bits per heavy atom. The summed E-state index contributed by atoms with van der Waals surface area (Å²) in [5.74, 6) is -0.00940. The standard InChI is InChI=1S/C13H16N6O/c14-10-9-15-3-2-12(10)18-5-7-19(8-6-18)13(20)11-1-4-16-17-11/h1-4,9H,5-8,14H2,(H,16,17). The van der Waals surface area contributed by atoms with Gasteiger partial charge in [-0.2, -0.15) is 5.10 Å². The van der Waals surface area contributed by atoms with E-state index in [2.05, 4.69) is 20.1 Å². The van der Waals surface area contributed by atoms with Gasteiger partial charge in [0.25, 0.3) is 5.91 Å². The van der Waals surface area contributed by atoms with Gasteiger partial charge in [-0.3, -0.25) is 14.9 Å². The van der Waals surface area contributed by atoms with Gasteiger partial charge in [0.15, 0.2) is 0 Å². The Balaban J connectivity index is 1.65. The molecule has 1 saturated heterocycles. The largest absolute Gasteiger partial charge is 0.396 e. The predicted molar refractivity (Wildman–Crippen MR) is 75.4 cm³/mol. The smallest absolute Gasteiger partial charge is 0.271 e. The maximum atomic E-state index is 12.2. The minimum atomic E-state index is -0.00940. The molecule has 0 aromatic carbocycles. The number of aromatic nitrogens is 3. The SMILES string of the molecule is Nc1cnccc1N1CCN(C(=O)c2ccn[nH]2)CC1. The second-order valence-corrected chi connectivity index (χ2v) is 4.68. The fraction of sp³-hybridized carbons (Fsp3) is 0.308. The number of nitrogen functional groups attached to an aromatic ring is 1. The van der Waals surface area contributed by atoms with Crippen LogP contribution in [0.25, 0.3) is 0 Å². The first kappa shape index (κ1) is 12.5. The molecule has 1 fully saturated rings. The van der Waals surface area contributed by atoms with Gasteiger partial charge in [-0.1, -0.05) is 0 Å². The molecule has 3 N–H and O–H groups in total. The highest BCUT2D eigenvalue weighted by Gasteiger charge is 2.23. The van der Waals surface area contributed by atoms with Gasteiger partial charge in [0, 0.05) is 38.6 Å². The third kappa shape index (κ3) is 2.29. The summed E-state index contributed by atoms with van der Waals surface area (Å²) in [6.07, 6.45) is 4.96. The average molecular weight is 272 g/mol. The summed E-state index contributed by atoms with van der Waals surface area (Å²) < 4.78 is 0. The topological polar surface area (TPSA) is 91.1 Å². The lowest BCUT2D eigenvalue weighted by atomic mass is 10.2. The molecule has 1 aliphatic heterocycles. The van der Waals surface area contributed by atoms with Gasteiger partial charge in [0.2, 0.25) is 0 Å². The number of aromatic amines is 1. The van der Waals surface area contributed by atoms with Crippen LogP contribution in [-0.2, 0) is 0 Å². The summed E-state index contributed by atoms with van der Waals surface area (Å²) in [4.78, 5) is 20.2. The fourth-order valence-electron chi connectivity index (χ4n) is 2.38. The van der Waals surface area contributed by atoms with Crippen LogP contribution in [0.2, 0.25) is 0 Å². The van der Waals surface area contributed by atoms with E-state index in [0.717, 1.165) is 18.8 Å². The molecule has 1 amide bonds. The molecular formula is C13H16N6O. The third-order valence-electron chi connectivity index (χ3n) is 3.47. The van der Waals surface area contributed by atoms with Crippen LogP contribution in [0.5, 0.6) is 0 Å². The van der Waals surface area contributed by atoms with Crippen molar-refractivity contribution in [1.29, 1.82) is 0 Å². The highest BCUT2D eigenvalue weighted by molar-refractivity contribution is 5.92. The lowest BCUT2D eigenvalue weighted by Crippen LogP contribution is -2.49. The van der Waals surface area contributed by atoms with E-state index in [0.29, 0.717) is 24.5 Å². The van der Waals surface area contributed by atoms with E-state index in [1.165, 1.54) is 0 Å². The minimum absolute atomic E-state index is 0.00940. The molecule has 0 unspecified atom stereocenters. The normalized spacial score (nSPS) is 15.4. The number of nitrogens with one attached hydrogen (secondary N) is 1. The van der Waals surface area contributed by atoms with Crippen LogP contribution in [0, 0.1) is 0 Å². The van der Waals surface area contributed by atoms with Gasteiger partial charge < -0.3 is 15.5 Å². The highest BCUT2D eigenvalue weighted by atomic mass is 16.2. The highest BCUT2D eigenvalue weighted by Crippen LogP contribution is 2.22. The van der Waals surface area contributed by atoms with Crippen molar-refractivity contribution in [3.8, 4) is 0 Å². The van der Waals surface area contributed by atoms with Crippen LogP contribution in [0.15, 0.2) is 30.7 Å². The zero-order valence-corrected chi connectivity index (χ0v) is 11.0. The van der Waals surface area contributed by atoms with Gasteiger partial charge >= 0.3 is 0 Å². The number of hydrogen-bond donors (Lipinski definition) is 2. The Labute approximate surface area is 116 Å². The maximum Gasteiger partial charge on any atom is 0.271 e. The quantitative estimate of drug-likeness (QED) is 0.823. The van der Waals surface area contributed by atoms with E-state index in [1.807, 2.05) is 11.0 Å². The van der Waals surface area contributed by atoms with Gasteiger partial charge in [-0.25, -0.2) is 0 Å². The number of anilines is 2. The number of H-pyrrole nitrogens is 1. The number of nitrogens with zero attached hydrogens (tertiary/aromatic N) is 4. The first-order valence-electron chi connectivity index (χ1n) is 6.49. The van der Waals surface area contributed by atoms with Crippen LogP contribution in [0.1, 0.15) is 10.5 Å². The molecule has 0 bridgehead atoms. The zero-order chi connectivity index (χ0) is 13.9. The Bertz CT molecular complexity index is 589. The number of rotatable bonds is 2. The summed E-state index contributed by atoms with van der Waals surface area (Å²) in [5.41, 5.74) is 8.10.